The fourth-order valence-electron chi connectivity index (χ4n) is 0.606. The first kappa shape index (κ1) is 10.2. The van der Waals surface area contributed by atoms with E-state index in [1.807, 2.05) is 6.92 Å². The minimum absolute atomic E-state index is 0.0119. The Morgan fingerprint density at radius 2 is 2.00 bits per heavy atom. The standard InChI is InChI=1S/C8H15NO2/c1-6(8(10)11-3)4-5-7(2)9/h4-7H,9H2,1-3H3/b5-4+/t6-,7-/m0/s1. The van der Waals surface area contributed by atoms with Crippen LogP contribution in [0.1, 0.15) is 13.8 Å². The molecule has 0 amide bonds. The van der Waals surface area contributed by atoms with E-state index in [0.29, 0.717) is 0 Å². The van der Waals surface area contributed by atoms with Gasteiger partial charge in [-0.1, -0.05) is 12.2 Å². The Hall–Kier alpha value is -0.830. The number of methoxy groups -OCH3 is 1. The highest BCUT2D eigenvalue weighted by molar-refractivity contribution is 5.73. The van der Waals surface area contributed by atoms with Gasteiger partial charge in [0.15, 0.2) is 0 Å². The van der Waals surface area contributed by atoms with Crippen LogP contribution in [-0.2, 0) is 9.53 Å². The highest BCUT2D eigenvalue weighted by atomic mass is 16.5. The average molecular weight is 157 g/mol. The molecule has 3 nitrogen and oxygen atoms in total. The molecule has 0 unspecified atom stereocenters. The summed E-state index contributed by atoms with van der Waals surface area (Å²) in [5.41, 5.74) is 5.44. The van der Waals surface area contributed by atoms with E-state index >= 15 is 0 Å². The lowest BCUT2D eigenvalue weighted by atomic mass is 10.1. The fourth-order valence-corrected chi connectivity index (χ4v) is 0.606. The Morgan fingerprint density at radius 1 is 1.45 bits per heavy atom. The monoisotopic (exact) mass is 157 g/mol. The zero-order chi connectivity index (χ0) is 8.85. The molecule has 0 aliphatic carbocycles. The van der Waals surface area contributed by atoms with Crippen LogP contribution in [0.2, 0.25) is 0 Å². The molecule has 0 saturated carbocycles. The highest BCUT2D eigenvalue weighted by Crippen LogP contribution is 1.99. The summed E-state index contributed by atoms with van der Waals surface area (Å²) in [6.07, 6.45) is 3.53. The van der Waals surface area contributed by atoms with Gasteiger partial charge in [-0.2, -0.15) is 0 Å². The van der Waals surface area contributed by atoms with Crippen LogP contribution < -0.4 is 5.73 Å². The number of hydrogen-bond acceptors (Lipinski definition) is 3. The van der Waals surface area contributed by atoms with Crippen LogP contribution in [0.3, 0.4) is 0 Å². The smallest absolute Gasteiger partial charge is 0.312 e. The van der Waals surface area contributed by atoms with Gasteiger partial charge in [0.05, 0.1) is 13.0 Å². The second-order valence-electron chi connectivity index (χ2n) is 2.56. The molecule has 0 aliphatic rings. The molecule has 0 saturated heterocycles. The van der Waals surface area contributed by atoms with Crippen LogP contribution in [-0.4, -0.2) is 19.1 Å². The SMILES string of the molecule is COC(=O)[C@@H](C)/C=C/[C@H](C)N. The van der Waals surface area contributed by atoms with E-state index in [1.165, 1.54) is 7.11 Å². The van der Waals surface area contributed by atoms with Gasteiger partial charge in [-0.25, -0.2) is 0 Å². The molecular weight excluding hydrogens is 142 g/mol. The van der Waals surface area contributed by atoms with Gasteiger partial charge in [0.1, 0.15) is 0 Å². The summed E-state index contributed by atoms with van der Waals surface area (Å²) in [7, 11) is 1.37. The Labute approximate surface area is 67.2 Å². The molecule has 0 radical (unpaired) electrons. The molecule has 0 spiro atoms. The van der Waals surface area contributed by atoms with Gasteiger partial charge in [0, 0.05) is 6.04 Å². The number of nitrogens with two attached hydrogens (primary N) is 1. The lowest BCUT2D eigenvalue weighted by molar-refractivity contribution is -0.143. The van der Waals surface area contributed by atoms with Crippen molar-refractivity contribution < 1.29 is 9.53 Å². The van der Waals surface area contributed by atoms with Gasteiger partial charge in [-0.15, -0.1) is 0 Å². The van der Waals surface area contributed by atoms with Crippen molar-refractivity contribution in [2.24, 2.45) is 11.7 Å². The van der Waals surface area contributed by atoms with Crippen molar-refractivity contribution in [3.8, 4) is 0 Å². The Kier molecular flexibility index (Phi) is 4.54. The molecule has 64 valence electrons. The molecule has 0 heterocycles. The third-order valence-electron chi connectivity index (χ3n) is 1.28. The van der Waals surface area contributed by atoms with E-state index in [-0.39, 0.29) is 17.9 Å². The molecule has 0 bridgehead atoms. The van der Waals surface area contributed by atoms with E-state index in [0.717, 1.165) is 0 Å². The van der Waals surface area contributed by atoms with E-state index in [2.05, 4.69) is 4.74 Å². The summed E-state index contributed by atoms with van der Waals surface area (Å²) in [5, 5.41) is 0. The Balaban J connectivity index is 3.86. The van der Waals surface area contributed by atoms with Crippen LogP contribution in [0, 0.1) is 5.92 Å². The van der Waals surface area contributed by atoms with Gasteiger partial charge in [-0.3, -0.25) is 4.79 Å². The van der Waals surface area contributed by atoms with Crippen LogP contribution >= 0.6 is 0 Å². The van der Waals surface area contributed by atoms with Gasteiger partial charge in [0.25, 0.3) is 0 Å². The quantitative estimate of drug-likeness (QED) is 0.484. The highest BCUT2D eigenvalue weighted by Gasteiger charge is 2.07. The normalized spacial score (nSPS) is 16.4. The zero-order valence-electron chi connectivity index (χ0n) is 7.20. The number of carbonyl (C=O) groups excluding carboxylic acids is 1. The largest absolute Gasteiger partial charge is 0.469 e. The van der Waals surface area contributed by atoms with Crippen molar-refractivity contribution in [3.63, 3.8) is 0 Å². The van der Waals surface area contributed by atoms with Crippen molar-refractivity contribution in [3.05, 3.63) is 12.2 Å². The molecule has 3 heteroatoms. The van der Waals surface area contributed by atoms with Crippen molar-refractivity contribution in [1.82, 2.24) is 0 Å². The Morgan fingerprint density at radius 3 is 2.36 bits per heavy atom. The van der Waals surface area contributed by atoms with Crippen LogP contribution in [0.25, 0.3) is 0 Å². The summed E-state index contributed by atoms with van der Waals surface area (Å²) in [4.78, 5) is 10.8. The molecular formula is C8H15NO2. The molecule has 0 aromatic heterocycles. The third-order valence-corrected chi connectivity index (χ3v) is 1.28. The minimum atomic E-state index is -0.234. The predicted molar refractivity (Wildman–Crippen MR) is 44.0 cm³/mol. The molecule has 0 rings (SSSR count). The van der Waals surface area contributed by atoms with Crippen LogP contribution in [0.15, 0.2) is 12.2 Å². The van der Waals surface area contributed by atoms with E-state index in [1.54, 1.807) is 19.1 Å². The van der Waals surface area contributed by atoms with Crippen molar-refractivity contribution in [2.75, 3.05) is 7.11 Å². The van der Waals surface area contributed by atoms with Crippen molar-refractivity contribution in [2.45, 2.75) is 19.9 Å². The topological polar surface area (TPSA) is 52.3 Å². The number of esters is 1. The van der Waals surface area contributed by atoms with Gasteiger partial charge < -0.3 is 10.5 Å². The fraction of sp³-hybridized carbons (Fsp3) is 0.625. The molecule has 0 aromatic rings. The van der Waals surface area contributed by atoms with Gasteiger partial charge >= 0.3 is 5.97 Å². The number of carbonyl (C=O) groups is 1. The maximum absolute atomic E-state index is 10.8. The molecule has 11 heavy (non-hydrogen) atoms. The molecule has 0 fully saturated rings. The van der Waals surface area contributed by atoms with Crippen molar-refractivity contribution in [1.29, 1.82) is 0 Å². The Bertz CT molecular complexity index is 152. The van der Waals surface area contributed by atoms with Crippen LogP contribution in [0.5, 0.6) is 0 Å². The predicted octanol–water partition coefficient (Wildman–Crippen LogP) is 0.699. The number of ether oxygens (including phenoxy) is 1. The summed E-state index contributed by atoms with van der Waals surface area (Å²) in [6, 6.07) is -0.0119. The summed E-state index contributed by atoms with van der Waals surface area (Å²) in [6.45, 7) is 3.62. The van der Waals surface area contributed by atoms with Crippen LogP contribution in [0.4, 0.5) is 0 Å². The first-order valence-corrected chi connectivity index (χ1v) is 3.59. The lowest BCUT2D eigenvalue weighted by Gasteiger charge is -2.03. The number of hydrogen-bond donors (Lipinski definition) is 1. The molecule has 0 aromatic carbocycles. The maximum atomic E-state index is 10.8. The van der Waals surface area contributed by atoms with Gasteiger partial charge in [0.2, 0.25) is 0 Å². The summed E-state index contributed by atoms with van der Waals surface area (Å²) in [5.74, 6) is -0.437. The summed E-state index contributed by atoms with van der Waals surface area (Å²) < 4.78 is 4.51. The minimum Gasteiger partial charge on any atom is -0.469 e. The zero-order valence-corrected chi connectivity index (χ0v) is 7.20. The second-order valence-corrected chi connectivity index (χ2v) is 2.56. The second kappa shape index (κ2) is 4.91. The third kappa shape index (κ3) is 4.56. The van der Waals surface area contributed by atoms with E-state index in [4.69, 9.17) is 5.73 Å². The molecule has 2 atom stereocenters. The van der Waals surface area contributed by atoms with E-state index < -0.39 is 0 Å². The number of rotatable bonds is 3. The first-order chi connectivity index (χ1) is 5.07. The van der Waals surface area contributed by atoms with Crippen molar-refractivity contribution >= 4 is 5.97 Å². The molecule has 2 N–H and O–H groups in total. The first-order valence-electron chi connectivity index (χ1n) is 3.59. The van der Waals surface area contributed by atoms with Gasteiger partial charge in [-0.05, 0) is 13.8 Å². The average Bonchev–Trinajstić information content (AvgIpc) is 1.98. The lowest BCUT2D eigenvalue weighted by Crippen LogP contribution is -2.14. The van der Waals surface area contributed by atoms with E-state index in [9.17, 15) is 4.79 Å². The summed E-state index contributed by atoms with van der Waals surface area (Å²) >= 11 is 0. The maximum Gasteiger partial charge on any atom is 0.312 e. The molecule has 0 aliphatic heterocycles.